The summed E-state index contributed by atoms with van der Waals surface area (Å²) in [6.07, 6.45) is 0. The van der Waals surface area contributed by atoms with Crippen molar-refractivity contribution in [2.75, 3.05) is 5.73 Å². The van der Waals surface area contributed by atoms with Crippen LogP contribution in [-0.4, -0.2) is 5.91 Å². The molecule has 0 radical (unpaired) electrons. The average Bonchev–Trinajstić information content (AvgIpc) is 1.96. The monoisotopic (exact) mass is 232 g/mol. The summed E-state index contributed by atoms with van der Waals surface area (Å²) >= 11 is 3.01. The van der Waals surface area contributed by atoms with E-state index in [0.29, 0.717) is 4.47 Å². The number of anilines is 1. The van der Waals surface area contributed by atoms with E-state index in [-0.39, 0.29) is 11.3 Å². The molecule has 0 atom stereocenters. The molecular formula is C7H6BrFN2O. The molecule has 0 saturated carbocycles. The molecule has 5 heteroatoms. The maximum absolute atomic E-state index is 12.8. The molecule has 4 N–H and O–H groups in total. The van der Waals surface area contributed by atoms with Crippen molar-refractivity contribution in [3.05, 3.63) is 28.0 Å². The molecule has 64 valence electrons. The Morgan fingerprint density at radius 1 is 1.50 bits per heavy atom. The molecule has 0 bridgehead atoms. The van der Waals surface area contributed by atoms with Crippen LogP contribution < -0.4 is 11.5 Å². The van der Waals surface area contributed by atoms with Crippen molar-refractivity contribution in [3.8, 4) is 0 Å². The van der Waals surface area contributed by atoms with Gasteiger partial charge in [0.05, 0.1) is 11.3 Å². The highest BCUT2D eigenvalue weighted by molar-refractivity contribution is 9.10. The number of carbonyl (C=O) groups excluding carboxylic acids is 1. The van der Waals surface area contributed by atoms with Crippen molar-refractivity contribution >= 4 is 27.5 Å². The Balaban J connectivity index is 3.37. The fourth-order valence-electron chi connectivity index (χ4n) is 0.789. The topological polar surface area (TPSA) is 69.1 Å². The highest BCUT2D eigenvalue weighted by Crippen LogP contribution is 2.21. The highest BCUT2D eigenvalue weighted by atomic mass is 79.9. The second-order valence-electron chi connectivity index (χ2n) is 2.21. The van der Waals surface area contributed by atoms with Crippen molar-refractivity contribution < 1.29 is 9.18 Å². The van der Waals surface area contributed by atoms with Crippen LogP contribution in [0.2, 0.25) is 0 Å². The normalized spacial score (nSPS) is 9.83. The SMILES string of the molecule is NC(=O)c1cc(Br)cc(F)c1N. The van der Waals surface area contributed by atoms with E-state index in [0.717, 1.165) is 0 Å². The van der Waals surface area contributed by atoms with Gasteiger partial charge in [-0.2, -0.15) is 0 Å². The Kier molecular flexibility index (Phi) is 2.32. The van der Waals surface area contributed by atoms with Crippen LogP contribution in [0.4, 0.5) is 10.1 Å². The zero-order valence-corrected chi connectivity index (χ0v) is 7.56. The number of nitrogen functional groups attached to an aromatic ring is 1. The van der Waals surface area contributed by atoms with Crippen LogP contribution in [0.15, 0.2) is 16.6 Å². The molecule has 1 rings (SSSR count). The minimum atomic E-state index is -0.743. The number of primary amides is 1. The standard InChI is InChI=1S/C7H6BrFN2O/c8-3-1-4(7(11)12)6(10)5(9)2-3/h1-2H,10H2,(H2,11,12). The van der Waals surface area contributed by atoms with E-state index in [4.69, 9.17) is 11.5 Å². The van der Waals surface area contributed by atoms with Gasteiger partial charge in [0, 0.05) is 4.47 Å². The van der Waals surface area contributed by atoms with E-state index in [2.05, 4.69) is 15.9 Å². The molecule has 0 aliphatic rings. The van der Waals surface area contributed by atoms with E-state index in [1.54, 1.807) is 0 Å². The molecule has 0 saturated heterocycles. The van der Waals surface area contributed by atoms with Gasteiger partial charge < -0.3 is 11.5 Å². The molecular weight excluding hydrogens is 227 g/mol. The largest absolute Gasteiger partial charge is 0.396 e. The van der Waals surface area contributed by atoms with Gasteiger partial charge in [0.25, 0.3) is 5.91 Å². The van der Waals surface area contributed by atoms with Crippen LogP contribution >= 0.6 is 15.9 Å². The Labute approximate surface area is 76.7 Å². The number of rotatable bonds is 1. The van der Waals surface area contributed by atoms with Crippen molar-refractivity contribution in [1.29, 1.82) is 0 Å². The maximum atomic E-state index is 12.8. The lowest BCUT2D eigenvalue weighted by Gasteiger charge is -2.02. The lowest BCUT2D eigenvalue weighted by molar-refractivity contribution is 0.100. The highest BCUT2D eigenvalue weighted by Gasteiger charge is 2.10. The summed E-state index contributed by atoms with van der Waals surface area (Å²) in [7, 11) is 0. The first-order valence-corrected chi connectivity index (χ1v) is 3.86. The maximum Gasteiger partial charge on any atom is 0.250 e. The number of hydrogen-bond acceptors (Lipinski definition) is 2. The molecule has 0 unspecified atom stereocenters. The van der Waals surface area contributed by atoms with E-state index in [1.165, 1.54) is 12.1 Å². The van der Waals surface area contributed by atoms with E-state index >= 15 is 0 Å². The zero-order chi connectivity index (χ0) is 9.30. The van der Waals surface area contributed by atoms with E-state index in [9.17, 15) is 9.18 Å². The molecule has 0 aliphatic carbocycles. The van der Waals surface area contributed by atoms with Crippen molar-refractivity contribution in [1.82, 2.24) is 0 Å². The number of nitrogens with two attached hydrogens (primary N) is 2. The van der Waals surface area contributed by atoms with Gasteiger partial charge in [-0.05, 0) is 12.1 Å². The Hall–Kier alpha value is -1.10. The molecule has 12 heavy (non-hydrogen) atoms. The number of benzene rings is 1. The van der Waals surface area contributed by atoms with Crippen molar-refractivity contribution in [3.63, 3.8) is 0 Å². The van der Waals surface area contributed by atoms with Crippen LogP contribution in [0.25, 0.3) is 0 Å². The minimum Gasteiger partial charge on any atom is -0.396 e. The van der Waals surface area contributed by atoms with Crippen LogP contribution in [0, 0.1) is 5.82 Å². The second-order valence-corrected chi connectivity index (χ2v) is 3.13. The zero-order valence-electron chi connectivity index (χ0n) is 5.97. The van der Waals surface area contributed by atoms with E-state index in [1.807, 2.05) is 0 Å². The first kappa shape index (κ1) is 8.99. The van der Waals surface area contributed by atoms with Gasteiger partial charge in [-0.3, -0.25) is 4.79 Å². The molecule has 3 nitrogen and oxygen atoms in total. The van der Waals surface area contributed by atoms with Gasteiger partial charge >= 0.3 is 0 Å². The van der Waals surface area contributed by atoms with Gasteiger partial charge in [0.1, 0.15) is 5.82 Å². The first-order valence-electron chi connectivity index (χ1n) is 3.06. The van der Waals surface area contributed by atoms with Crippen LogP contribution in [0.1, 0.15) is 10.4 Å². The quantitative estimate of drug-likeness (QED) is 0.717. The lowest BCUT2D eigenvalue weighted by atomic mass is 10.1. The molecule has 0 fully saturated rings. The van der Waals surface area contributed by atoms with Gasteiger partial charge in [-0.15, -0.1) is 0 Å². The third-order valence-electron chi connectivity index (χ3n) is 1.36. The fraction of sp³-hybridized carbons (Fsp3) is 0. The number of halogens is 2. The summed E-state index contributed by atoms with van der Waals surface area (Å²) in [5, 5.41) is 0. The van der Waals surface area contributed by atoms with E-state index < -0.39 is 11.7 Å². The number of hydrogen-bond donors (Lipinski definition) is 2. The van der Waals surface area contributed by atoms with Crippen LogP contribution in [-0.2, 0) is 0 Å². The first-order chi connectivity index (χ1) is 5.52. The summed E-state index contributed by atoms with van der Waals surface area (Å²) in [5.74, 6) is -1.40. The third-order valence-corrected chi connectivity index (χ3v) is 1.82. The molecule has 1 aromatic rings. The smallest absolute Gasteiger partial charge is 0.250 e. The third kappa shape index (κ3) is 1.55. The van der Waals surface area contributed by atoms with Gasteiger partial charge in [0.2, 0.25) is 0 Å². The second kappa shape index (κ2) is 3.10. The average molecular weight is 233 g/mol. The van der Waals surface area contributed by atoms with Gasteiger partial charge in [0.15, 0.2) is 0 Å². The van der Waals surface area contributed by atoms with Crippen LogP contribution in [0.5, 0.6) is 0 Å². The summed E-state index contributed by atoms with van der Waals surface area (Å²) in [5.41, 5.74) is 9.97. The lowest BCUT2D eigenvalue weighted by Crippen LogP contribution is -2.14. The predicted molar refractivity (Wildman–Crippen MR) is 47.0 cm³/mol. The Bertz CT molecular complexity index is 340. The van der Waals surface area contributed by atoms with Gasteiger partial charge in [-0.1, -0.05) is 15.9 Å². The summed E-state index contributed by atoms with van der Waals surface area (Å²) in [6.45, 7) is 0. The fourth-order valence-corrected chi connectivity index (χ4v) is 1.22. The number of carbonyl (C=O) groups is 1. The Morgan fingerprint density at radius 2 is 2.08 bits per heavy atom. The molecule has 0 aromatic heterocycles. The Morgan fingerprint density at radius 3 is 2.58 bits per heavy atom. The van der Waals surface area contributed by atoms with Crippen molar-refractivity contribution in [2.24, 2.45) is 5.73 Å². The molecule has 0 heterocycles. The van der Waals surface area contributed by atoms with Crippen molar-refractivity contribution in [2.45, 2.75) is 0 Å². The summed E-state index contributed by atoms with van der Waals surface area (Å²) < 4.78 is 13.3. The van der Waals surface area contributed by atoms with Crippen LogP contribution in [0.3, 0.4) is 0 Å². The summed E-state index contributed by atoms with van der Waals surface area (Å²) in [4.78, 5) is 10.7. The molecule has 0 spiro atoms. The molecule has 1 aromatic carbocycles. The molecule has 0 aliphatic heterocycles. The molecule has 1 amide bonds. The summed E-state index contributed by atoms with van der Waals surface area (Å²) in [6, 6.07) is 2.54. The van der Waals surface area contributed by atoms with Gasteiger partial charge in [-0.25, -0.2) is 4.39 Å². The predicted octanol–water partition coefficient (Wildman–Crippen LogP) is 1.27. The number of amides is 1. The minimum absolute atomic E-state index is 0.0122.